The van der Waals surface area contributed by atoms with Crippen LogP contribution in [0, 0.1) is 11.6 Å². The number of nitrogens with zero attached hydrogens (tertiary/aromatic N) is 2. The van der Waals surface area contributed by atoms with E-state index in [1.807, 2.05) is 10.8 Å². The molecule has 0 bridgehead atoms. The topological polar surface area (TPSA) is 17.8 Å². The molecule has 2 heterocycles. The Hall–Kier alpha value is -1.10. The molecule has 0 aliphatic rings. The van der Waals surface area contributed by atoms with E-state index in [1.54, 1.807) is 6.07 Å². The zero-order chi connectivity index (χ0) is 16.7. The highest BCUT2D eigenvalue weighted by Gasteiger charge is 2.35. The molecule has 0 N–H and O–H groups in total. The summed E-state index contributed by atoms with van der Waals surface area (Å²) in [5.41, 5.74) is 0.540. The fourth-order valence-corrected chi connectivity index (χ4v) is 8.36. The van der Waals surface area contributed by atoms with Gasteiger partial charge >= 0.3 is 0 Å². The van der Waals surface area contributed by atoms with Crippen molar-refractivity contribution in [3.05, 3.63) is 30.1 Å². The maximum absolute atomic E-state index is 13.9. The van der Waals surface area contributed by atoms with Gasteiger partial charge in [-0.05, 0) is 21.8 Å². The standard InChI is InChI=1S/C17H26F2N2S/c1-11(2)22(12(3)4,13(5)6)10-21-8-7-14-16(19)15(18)9-20-17(14)21/h7-9,11-13H,10H2,1-6H3. The highest BCUT2D eigenvalue weighted by Crippen LogP contribution is 2.61. The van der Waals surface area contributed by atoms with Crippen molar-refractivity contribution >= 4 is 21.1 Å². The molecular formula is C17H26F2N2S. The maximum Gasteiger partial charge on any atom is 0.177 e. The number of aromatic nitrogens is 2. The lowest BCUT2D eigenvalue weighted by Crippen LogP contribution is -2.31. The fraction of sp³-hybridized carbons (Fsp3) is 0.588. The van der Waals surface area contributed by atoms with Crippen LogP contribution in [-0.4, -0.2) is 25.3 Å². The van der Waals surface area contributed by atoms with Gasteiger partial charge in [-0.3, -0.25) is 0 Å². The van der Waals surface area contributed by atoms with Gasteiger partial charge in [-0.2, -0.15) is 0 Å². The largest absolute Gasteiger partial charge is 0.324 e. The predicted octanol–water partition coefficient (Wildman–Crippen LogP) is 5.30. The normalized spacial score (nSPS) is 13.8. The molecule has 124 valence electrons. The average Bonchev–Trinajstić information content (AvgIpc) is 2.82. The Balaban J connectivity index is 2.54. The minimum Gasteiger partial charge on any atom is -0.324 e. The molecule has 5 heteroatoms. The van der Waals surface area contributed by atoms with Crippen LogP contribution in [0.2, 0.25) is 0 Å². The van der Waals surface area contributed by atoms with Gasteiger partial charge in [0.05, 0.1) is 17.5 Å². The summed E-state index contributed by atoms with van der Waals surface area (Å²) in [6.07, 6.45) is 2.82. The summed E-state index contributed by atoms with van der Waals surface area (Å²) in [5, 5.41) is 1.92. The second-order valence-corrected chi connectivity index (χ2v) is 11.5. The molecule has 0 radical (unpaired) electrons. The van der Waals surface area contributed by atoms with E-state index in [-0.39, 0.29) is 5.39 Å². The summed E-state index contributed by atoms with van der Waals surface area (Å²) < 4.78 is 29.2. The summed E-state index contributed by atoms with van der Waals surface area (Å²) in [6.45, 7) is 13.6. The summed E-state index contributed by atoms with van der Waals surface area (Å²) in [7, 11) is -0.977. The van der Waals surface area contributed by atoms with Crippen LogP contribution in [0.3, 0.4) is 0 Å². The van der Waals surface area contributed by atoms with Gasteiger partial charge in [0.15, 0.2) is 11.6 Å². The Labute approximate surface area is 133 Å². The molecule has 0 atom stereocenters. The third-order valence-corrected chi connectivity index (χ3v) is 10.7. The minimum atomic E-state index is -0.977. The van der Waals surface area contributed by atoms with E-state index in [2.05, 4.69) is 46.5 Å². The van der Waals surface area contributed by atoms with Crippen LogP contribution in [0.25, 0.3) is 11.0 Å². The second-order valence-electron chi connectivity index (χ2n) is 6.63. The molecular weight excluding hydrogens is 302 g/mol. The molecule has 0 aliphatic heterocycles. The Kier molecular flexibility index (Phi) is 4.85. The van der Waals surface area contributed by atoms with E-state index in [4.69, 9.17) is 0 Å². The molecule has 0 amide bonds. The summed E-state index contributed by atoms with van der Waals surface area (Å²) in [6, 6.07) is 1.63. The van der Waals surface area contributed by atoms with Crippen LogP contribution in [0.1, 0.15) is 41.5 Å². The Morgan fingerprint density at radius 1 is 1.05 bits per heavy atom. The molecule has 22 heavy (non-hydrogen) atoms. The highest BCUT2D eigenvalue weighted by atomic mass is 32.3. The van der Waals surface area contributed by atoms with Gasteiger partial charge in [0.25, 0.3) is 0 Å². The first-order chi connectivity index (χ1) is 10.2. The summed E-state index contributed by atoms with van der Waals surface area (Å²) >= 11 is 0. The van der Waals surface area contributed by atoms with Gasteiger partial charge in [-0.15, -0.1) is 0 Å². The molecule has 0 unspecified atom stereocenters. The number of rotatable bonds is 5. The van der Waals surface area contributed by atoms with E-state index in [0.717, 1.165) is 12.1 Å². The van der Waals surface area contributed by atoms with Gasteiger partial charge in [-0.1, -0.05) is 41.5 Å². The van der Waals surface area contributed by atoms with Crippen molar-refractivity contribution in [2.75, 3.05) is 0 Å². The molecule has 0 aliphatic carbocycles. The monoisotopic (exact) mass is 328 g/mol. The van der Waals surface area contributed by atoms with Crippen LogP contribution in [0.5, 0.6) is 0 Å². The number of pyridine rings is 1. The van der Waals surface area contributed by atoms with Gasteiger partial charge in [0.1, 0.15) is 5.65 Å². The molecule has 0 fully saturated rings. The number of hydrogen-bond donors (Lipinski definition) is 0. The predicted molar refractivity (Wildman–Crippen MR) is 92.6 cm³/mol. The van der Waals surface area contributed by atoms with Gasteiger partial charge in [-0.25, -0.2) is 23.8 Å². The van der Waals surface area contributed by atoms with E-state index in [9.17, 15) is 8.78 Å². The van der Waals surface area contributed by atoms with Gasteiger partial charge in [0.2, 0.25) is 0 Å². The van der Waals surface area contributed by atoms with Gasteiger partial charge < -0.3 is 4.57 Å². The molecule has 2 aromatic rings. The lowest BCUT2D eigenvalue weighted by Gasteiger charge is -2.51. The molecule has 0 saturated carbocycles. The first-order valence-corrected chi connectivity index (χ1v) is 9.77. The number of halogens is 2. The zero-order valence-electron chi connectivity index (χ0n) is 14.2. The smallest absolute Gasteiger partial charge is 0.177 e. The van der Waals surface area contributed by atoms with Crippen molar-refractivity contribution in [2.45, 2.75) is 63.2 Å². The molecule has 2 rings (SSSR count). The van der Waals surface area contributed by atoms with E-state index in [1.165, 1.54) is 0 Å². The van der Waals surface area contributed by atoms with Gasteiger partial charge in [0, 0.05) is 6.20 Å². The van der Waals surface area contributed by atoms with E-state index in [0.29, 0.717) is 21.4 Å². The highest BCUT2D eigenvalue weighted by molar-refractivity contribution is 8.34. The second kappa shape index (κ2) is 6.19. The van der Waals surface area contributed by atoms with Crippen LogP contribution < -0.4 is 0 Å². The minimum absolute atomic E-state index is 0.268. The third-order valence-electron chi connectivity index (χ3n) is 4.68. The molecule has 2 nitrogen and oxygen atoms in total. The summed E-state index contributed by atoms with van der Waals surface area (Å²) in [4.78, 5) is 4.12. The lowest BCUT2D eigenvalue weighted by atomic mass is 10.3. The van der Waals surface area contributed by atoms with Crippen molar-refractivity contribution < 1.29 is 8.78 Å². The Bertz CT molecular complexity index is 640. The van der Waals surface area contributed by atoms with Crippen LogP contribution in [-0.2, 0) is 5.88 Å². The molecule has 0 aromatic carbocycles. The molecule has 2 aromatic heterocycles. The van der Waals surface area contributed by atoms with E-state index >= 15 is 0 Å². The Morgan fingerprint density at radius 2 is 1.59 bits per heavy atom. The molecule has 0 spiro atoms. The zero-order valence-corrected chi connectivity index (χ0v) is 15.0. The third kappa shape index (κ3) is 2.64. The van der Waals surface area contributed by atoms with Crippen LogP contribution >= 0.6 is 10.0 Å². The summed E-state index contributed by atoms with van der Waals surface area (Å²) in [5.74, 6) is -0.856. The fourth-order valence-electron chi connectivity index (χ4n) is 3.51. The van der Waals surface area contributed by atoms with Crippen LogP contribution in [0.4, 0.5) is 8.78 Å². The van der Waals surface area contributed by atoms with E-state index < -0.39 is 21.7 Å². The SMILES string of the molecule is CC(C)S(Cn1ccc2c(F)c(F)cnc21)(C(C)C)C(C)C. The first kappa shape index (κ1) is 17.3. The first-order valence-electron chi connectivity index (χ1n) is 7.78. The number of hydrogen-bond acceptors (Lipinski definition) is 1. The quantitative estimate of drug-likeness (QED) is 0.728. The number of fused-ring (bicyclic) bond motifs is 1. The van der Waals surface area contributed by atoms with Crippen molar-refractivity contribution in [3.8, 4) is 0 Å². The van der Waals surface area contributed by atoms with Crippen molar-refractivity contribution in [1.29, 1.82) is 0 Å². The van der Waals surface area contributed by atoms with Crippen LogP contribution in [0.15, 0.2) is 18.5 Å². The van der Waals surface area contributed by atoms with Crippen molar-refractivity contribution in [1.82, 2.24) is 9.55 Å². The Morgan fingerprint density at radius 3 is 2.09 bits per heavy atom. The van der Waals surface area contributed by atoms with Crippen molar-refractivity contribution in [3.63, 3.8) is 0 Å². The average molecular weight is 328 g/mol. The lowest BCUT2D eigenvalue weighted by molar-refractivity contribution is 0.513. The maximum atomic E-state index is 13.9. The van der Waals surface area contributed by atoms with Crippen molar-refractivity contribution in [2.24, 2.45) is 0 Å². The molecule has 0 saturated heterocycles.